The molecule has 0 aromatic rings. The highest BCUT2D eigenvalue weighted by Gasteiger charge is 2.20. The van der Waals surface area contributed by atoms with Gasteiger partial charge in [-0.15, -0.1) is 0 Å². The van der Waals surface area contributed by atoms with E-state index >= 15 is 0 Å². The van der Waals surface area contributed by atoms with Gasteiger partial charge in [0.1, 0.15) is 0 Å². The Morgan fingerprint density at radius 3 is 2.38 bits per heavy atom. The number of hydrogen-bond acceptors (Lipinski definition) is 2. The molecule has 80 valence electrons. The second-order valence-electron chi connectivity index (χ2n) is 4.52. The normalized spacial score (nSPS) is 15.0. The molecule has 0 radical (unpaired) electrons. The quantitative estimate of drug-likeness (QED) is 0.681. The Balaban J connectivity index is 3.91. The van der Waals surface area contributed by atoms with Crippen LogP contribution in [0.3, 0.4) is 0 Å². The van der Waals surface area contributed by atoms with E-state index in [0.717, 1.165) is 11.9 Å². The molecule has 0 aromatic heterocycles. The van der Waals surface area contributed by atoms with E-state index in [9.17, 15) is 0 Å². The second kappa shape index (κ2) is 6.31. The van der Waals surface area contributed by atoms with Gasteiger partial charge in [0.05, 0.1) is 0 Å². The summed E-state index contributed by atoms with van der Waals surface area (Å²) in [7, 11) is 2.21. The molecule has 0 spiro atoms. The van der Waals surface area contributed by atoms with E-state index < -0.39 is 0 Å². The van der Waals surface area contributed by atoms with E-state index in [1.165, 1.54) is 5.75 Å². The third kappa shape index (κ3) is 5.97. The van der Waals surface area contributed by atoms with Gasteiger partial charge in [-0.25, -0.2) is 0 Å². The summed E-state index contributed by atoms with van der Waals surface area (Å²) in [5.74, 6) is 1.22. The minimum atomic E-state index is 0.376. The molecule has 0 bridgehead atoms. The predicted octanol–water partition coefficient (Wildman–Crippen LogP) is 3.09. The van der Waals surface area contributed by atoms with Gasteiger partial charge in [-0.05, 0) is 25.6 Å². The average Bonchev–Trinajstić information content (AvgIpc) is 2.04. The third-order valence-electron chi connectivity index (χ3n) is 2.20. The van der Waals surface area contributed by atoms with Gasteiger partial charge < -0.3 is 4.90 Å². The van der Waals surface area contributed by atoms with Gasteiger partial charge in [0.15, 0.2) is 0 Å². The highest BCUT2D eigenvalue weighted by atomic mass is 79.9. The van der Waals surface area contributed by atoms with Crippen molar-refractivity contribution in [3.63, 3.8) is 0 Å². The van der Waals surface area contributed by atoms with Gasteiger partial charge in [0.2, 0.25) is 0 Å². The standard InChI is InChI=1S/C10H22BrNS/c1-9(6-13-5)12(4)8-10(2,3)7-11/h9H,6-8H2,1-5H3. The van der Waals surface area contributed by atoms with Crippen molar-refractivity contribution in [1.82, 2.24) is 4.90 Å². The smallest absolute Gasteiger partial charge is 0.0155 e. The summed E-state index contributed by atoms with van der Waals surface area (Å²) >= 11 is 5.47. The predicted molar refractivity (Wildman–Crippen MR) is 68.0 cm³/mol. The lowest BCUT2D eigenvalue weighted by Gasteiger charge is -2.32. The molecule has 0 amide bonds. The molecule has 0 fully saturated rings. The molecule has 0 aliphatic carbocycles. The topological polar surface area (TPSA) is 3.24 Å². The Morgan fingerprint density at radius 2 is 2.00 bits per heavy atom. The number of halogens is 1. The van der Waals surface area contributed by atoms with E-state index in [-0.39, 0.29) is 0 Å². The molecule has 0 saturated carbocycles. The molecule has 0 N–H and O–H groups in total. The molecule has 0 aromatic carbocycles. The van der Waals surface area contributed by atoms with Crippen LogP contribution in [-0.2, 0) is 0 Å². The van der Waals surface area contributed by atoms with Crippen LogP contribution in [0.4, 0.5) is 0 Å². The number of rotatable bonds is 6. The zero-order valence-corrected chi connectivity index (χ0v) is 11.8. The Bertz CT molecular complexity index is 139. The third-order valence-corrected chi connectivity index (χ3v) is 4.53. The van der Waals surface area contributed by atoms with Gasteiger partial charge in [-0.3, -0.25) is 0 Å². The zero-order chi connectivity index (χ0) is 10.5. The molecule has 0 aliphatic rings. The molecule has 0 aliphatic heterocycles. The fourth-order valence-corrected chi connectivity index (χ4v) is 2.16. The van der Waals surface area contributed by atoms with Crippen molar-refractivity contribution in [2.45, 2.75) is 26.8 Å². The fraction of sp³-hybridized carbons (Fsp3) is 1.00. The summed E-state index contributed by atoms with van der Waals surface area (Å²) in [6.45, 7) is 8.04. The average molecular weight is 268 g/mol. The summed E-state index contributed by atoms with van der Waals surface area (Å²) in [6, 6.07) is 0.674. The van der Waals surface area contributed by atoms with E-state index in [0.29, 0.717) is 11.5 Å². The van der Waals surface area contributed by atoms with Crippen molar-refractivity contribution < 1.29 is 0 Å². The minimum Gasteiger partial charge on any atom is -0.302 e. The fourth-order valence-electron chi connectivity index (χ4n) is 1.24. The first-order valence-corrected chi connectivity index (χ1v) is 7.19. The molecule has 13 heavy (non-hydrogen) atoms. The molecule has 1 unspecified atom stereocenters. The molecule has 1 atom stereocenters. The van der Waals surface area contributed by atoms with Crippen LogP contribution in [0.15, 0.2) is 0 Å². The first-order valence-electron chi connectivity index (χ1n) is 4.68. The van der Waals surface area contributed by atoms with Crippen molar-refractivity contribution >= 4 is 27.7 Å². The van der Waals surface area contributed by atoms with Crippen LogP contribution in [-0.4, -0.2) is 41.9 Å². The lowest BCUT2D eigenvalue weighted by molar-refractivity contribution is 0.197. The first kappa shape index (κ1) is 13.8. The van der Waals surface area contributed by atoms with Gasteiger partial charge in [-0.1, -0.05) is 29.8 Å². The van der Waals surface area contributed by atoms with E-state index in [2.05, 4.69) is 54.9 Å². The van der Waals surface area contributed by atoms with Crippen molar-refractivity contribution in [2.24, 2.45) is 5.41 Å². The maximum absolute atomic E-state index is 3.56. The van der Waals surface area contributed by atoms with Crippen LogP contribution < -0.4 is 0 Å². The molecule has 0 heterocycles. The number of alkyl halides is 1. The summed E-state index contributed by atoms with van der Waals surface area (Å²) in [5, 5.41) is 1.07. The lowest BCUT2D eigenvalue weighted by Crippen LogP contribution is -2.39. The van der Waals surface area contributed by atoms with Crippen LogP contribution in [0.2, 0.25) is 0 Å². The number of hydrogen-bond donors (Lipinski definition) is 0. The van der Waals surface area contributed by atoms with Gasteiger partial charge >= 0.3 is 0 Å². The Hall–Kier alpha value is 0.790. The number of thioether (sulfide) groups is 1. The summed E-state index contributed by atoms with van der Waals surface area (Å²) in [4.78, 5) is 2.44. The van der Waals surface area contributed by atoms with Crippen molar-refractivity contribution in [1.29, 1.82) is 0 Å². The maximum atomic E-state index is 3.56. The summed E-state index contributed by atoms with van der Waals surface area (Å²) in [5.41, 5.74) is 0.376. The number of nitrogens with zero attached hydrogens (tertiary/aromatic N) is 1. The summed E-state index contributed by atoms with van der Waals surface area (Å²) in [6.07, 6.45) is 2.17. The van der Waals surface area contributed by atoms with Gasteiger partial charge in [0, 0.05) is 23.7 Å². The minimum absolute atomic E-state index is 0.376. The molecule has 3 heteroatoms. The van der Waals surface area contributed by atoms with Crippen molar-refractivity contribution in [3.05, 3.63) is 0 Å². The summed E-state index contributed by atoms with van der Waals surface area (Å²) < 4.78 is 0. The molecule has 0 rings (SSSR count). The monoisotopic (exact) mass is 267 g/mol. The molecule has 1 nitrogen and oxygen atoms in total. The van der Waals surface area contributed by atoms with Crippen LogP contribution in [0.5, 0.6) is 0 Å². The van der Waals surface area contributed by atoms with E-state index in [1.54, 1.807) is 0 Å². The Kier molecular flexibility index (Phi) is 6.69. The van der Waals surface area contributed by atoms with E-state index in [1.807, 2.05) is 11.8 Å². The SMILES string of the molecule is CSCC(C)N(C)CC(C)(C)CBr. The van der Waals surface area contributed by atoms with Crippen LogP contribution in [0.1, 0.15) is 20.8 Å². The molecular weight excluding hydrogens is 246 g/mol. The van der Waals surface area contributed by atoms with E-state index in [4.69, 9.17) is 0 Å². The first-order chi connectivity index (χ1) is 5.93. The zero-order valence-electron chi connectivity index (χ0n) is 9.43. The highest BCUT2D eigenvalue weighted by Crippen LogP contribution is 2.20. The largest absolute Gasteiger partial charge is 0.302 e. The maximum Gasteiger partial charge on any atom is 0.0155 e. The second-order valence-corrected chi connectivity index (χ2v) is 5.99. The Labute approximate surface area is 95.8 Å². The molecule has 0 saturated heterocycles. The molecular formula is C10H22BrNS. The van der Waals surface area contributed by atoms with Crippen molar-refractivity contribution in [2.75, 3.05) is 30.9 Å². The van der Waals surface area contributed by atoms with Crippen LogP contribution in [0, 0.1) is 5.41 Å². The van der Waals surface area contributed by atoms with Gasteiger partial charge in [0.25, 0.3) is 0 Å². The highest BCUT2D eigenvalue weighted by molar-refractivity contribution is 9.09. The van der Waals surface area contributed by atoms with Crippen molar-refractivity contribution in [3.8, 4) is 0 Å². The van der Waals surface area contributed by atoms with Crippen LogP contribution >= 0.6 is 27.7 Å². The lowest BCUT2D eigenvalue weighted by atomic mass is 9.96. The Morgan fingerprint density at radius 1 is 1.46 bits per heavy atom. The van der Waals surface area contributed by atoms with Gasteiger partial charge in [-0.2, -0.15) is 11.8 Å². The van der Waals surface area contributed by atoms with Crippen LogP contribution in [0.25, 0.3) is 0 Å².